The standard InChI is InChI=1S/C13H17N/c1-9-6-7-14-12-8-10-4-2-3-5-11(10)13(9)12/h2-5,9,12-14H,6-8H2,1H3/t9?,12-,13?/m0/s1. The monoisotopic (exact) mass is 187 g/mol. The normalized spacial score (nSPS) is 35.1. The number of benzene rings is 1. The summed E-state index contributed by atoms with van der Waals surface area (Å²) in [5.41, 5.74) is 3.18. The number of hydrogen-bond donors (Lipinski definition) is 1. The molecular weight excluding hydrogens is 170 g/mol. The molecule has 14 heavy (non-hydrogen) atoms. The molecule has 3 rings (SSSR count). The summed E-state index contributed by atoms with van der Waals surface area (Å²) in [7, 11) is 0. The van der Waals surface area contributed by atoms with Gasteiger partial charge in [0.15, 0.2) is 0 Å². The topological polar surface area (TPSA) is 12.0 Å². The zero-order valence-electron chi connectivity index (χ0n) is 8.66. The van der Waals surface area contributed by atoms with Gasteiger partial charge in [0.2, 0.25) is 0 Å². The number of piperidine rings is 1. The average Bonchev–Trinajstić information content (AvgIpc) is 2.57. The predicted octanol–water partition coefficient (Wildman–Crippen LogP) is 2.32. The molecule has 0 bridgehead atoms. The highest BCUT2D eigenvalue weighted by Gasteiger charge is 2.37. The first kappa shape index (κ1) is 8.49. The molecule has 1 N–H and O–H groups in total. The van der Waals surface area contributed by atoms with E-state index < -0.39 is 0 Å². The molecule has 0 saturated carbocycles. The van der Waals surface area contributed by atoms with Gasteiger partial charge in [-0.3, -0.25) is 0 Å². The first-order chi connectivity index (χ1) is 6.86. The fourth-order valence-electron chi connectivity index (χ4n) is 3.20. The minimum atomic E-state index is 0.719. The second-order valence-electron chi connectivity index (χ2n) is 4.76. The Kier molecular flexibility index (Phi) is 1.88. The van der Waals surface area contributed by atoms with Gasteiger partial charge in [-0.05, 0) is 36.4 Å². The molecule has 74 valence electrons. The summed E-state index contributed by atoms with van der Waals surface area (Å²) < 4.78 is 0. The summed E-state index contributed by atoms with van der Waals surface area (Å²) in [4.78, 5) is 0. The van der Waals surface area contributed by atoms with E-state index in [4.69, 9.17) is 0 Å². The minimum Gasteiger partial charge on any atom is -0.313 e. The number of hydrogen-bond acceptors (Lipinski definition) is 1. The summed E-state index contributed by atoms with van der Waals surface area (Å²) in [6, 6.07) is 9.69. The van der Waals surface area contributed by atoms with Crippen LogP contribution in [0.1, 0.15) is 30.4 Å². The maximum absolute atomic E-state index is 3.66. The molecule has 0 amide bonds. The highest BCUT2D eigenvalue weighted by atomic mass is 14.9. The zero-order chi connectivity index (χ0) is 9.54. The van der Waals surface area contributed by atoms with Crippen molar-refractivity contribution in [1.29, 1.82) is 0 Å². The van der Waals surface area contributed by atoms with Crippen LogP contribution in [0.4, 0.5) is 0 Å². The van der Waals surface area contributed by atoms with Crippen LogP contribution in [0.25, 0.3) is 0 Å². The fourth-order valence-corrected chi connectivity index (χ4v) is 3.20. The Morgan fingerprint density at radius 1 is 1.29 bits per heavy atom. The maximum Gasteiger partial charge on any atom is 0.0179 e. The molecule has 1 aromatic rings. The van der Waals surface area contributed by atoms with E-state index in [0.29, 0.717) is 0 Å². The van der Waals surface area contributed by atoms with Crippen LogP contribution in [-0.4, -0.2) is 12.6 Å². The van der Waals surface area contributed by atoms with Gasteiger partial charge >= 0.3 is 0 Å². The fraction of sp³-hybridized carbons (Fsp3) is 0.538. The highest BCUT2D eigenvalue weighted by molar-refractivity contribution is 5.38. The molecule has 2 aliphatic rings. The lowest BCUT2D eigenvalue weighted by atomic mass is 9.81. The van der Waals surface area contributed by atoms with E-state index in [9.17, 15) is 0 Å². The SMILES string of the molecule is CC1CCN[C@H]2Cc3ccccc3C12. The van der Waals surface area contributed by atoms with Crippen molar-refractivity contribution in [3.63, 3.8) is 0 Å². The summed E-state index contributed by atoms with van der Waals surface area (Å²) >= 11 is 0. The lowest BCUT2D eigenvalue weighted by Crippen LogP contribution is -2.41. The molecule has 1 aromatic carbocycles. The number of nitrogens with one attached hydrogen (secondary N) is 1. The van der Waals surface area contributed by atoms with Crippen molar-refractivity contribution in [3.8, 4) is 0 Å². The van der Waals surface area contributed by atoms with Crippen LogP contribution in [0.5, 0.6) is 0 Å². The smallest absolute Gasteiger partial charge is 0.0179 e. The van der Waals surface area contributed by atoms with Gasteiger partial charge in [0.25, 0.3) is 0 Å². The van der Waals surface area contributed by atoms with E-state index in [1.165, 1.54) is 19.4 Å². The summed E-state index contributed by atoms with van der Waals surface area (Å²) in [6.07, 6.45) is 2.57. The first-order valence-corrected chi connectivity index (χ1v) is 5.67. The van der Waals surface area contributed by atoms with E-state index in [1.54, 1.807) is 11.1 Å². The van der Waals surface area contributed by atoms with Crippen molar-refractivity contribution in [2.75, 3.05) is 6.54 Å². The Morgan fingerprint density at radius 3 is 3.07 bits per heavy atom. The van der Waals surface area contributed by atoms with Gasteiger partial charge in [-0.15, -0.1) is 0 Å². The first-order valence-electron chi connectivity index (χ1n) is 5.67. The molecule has 1 heterocycles. The molecule has 1 aliphatic carbocycles. The summed E-state index contributed by atoms with van der Waals surface area (Å²) in [5.74, 6) is 1.63. The summed E-state index contributed by atoms with van der Waals surface area (Å²) in [5, 5.41) is 3.66. The van der Waals surface area contributed by atoms with Crippen molar-refractivity contribution < 1.29 is 0 Å². The molecule has 0 radical (unpaired) electrons. The van der Waals surface area contributed by atoms with Crippen molar-refractivity contribution in [2.24, 2.45) is 5.92 Å². The molecule has 1 fully saturated rings. The quantitative estimate of drug-likeness (QED) is 0.657. The van der Waals surface area contributed by atoms with Crippen molar-refractivity contribution in [3.05, 3.63) is 35.4 Å². The maximum atomic E-state index is 3.66. The minimum absolute atomic E-state index is 0.719. The lowest BCUT2D eigenvalue weighted by Gasteiger charge is -2.33. The second-order valence-corrected chi connectivity index (χ2v) is 4.76. The van der Waals surface area contributed by atoms with Gasteiger partial charge in [0.1, 0.15) is 0 Å². The average molecular weight is 187 g/mol. The molecule has 1 nitrogen and oxygen atoms in total. The van der Waals surface area contributed by atoms with E-state index in [-0.39, 0.29) is 0 Å². The van der Waals surface area contributed by atoms with Gasteiger partial charge in [-0.1, -0.05) is 31.2 Å². The van der Waals surface area contributed by atoms with Crippen molar-refractivity contribution in [1.82, 2.24) is 5.32 Å². The van der Waals surface area contributed by atoms with Crippen LogP contribution >= 0.6 is 0 Å². The van der Waals surface area contributed by atoms with E-state index in [0.717, 1.165) is 17.9 Å². The van der Waals surface area contributed by atoms with Crippen LogP contribution in [0.2, 0.25) is 0 Å². The van der Waals surface area contributed by atoms with E-state index in [1.807, 2.05) is 0 Å². The predicted molar refractivity (Wildman–Crippen MR) is 58.5 cm³/mol. The van der Waals surface area contributed by atoms with E-state index in [2.05, 4.69) is 36.5 Å². The molecule has 0 spiro atoms. The second kappa shape index (κ2) is 3.09. The van der Waals surface area contributed by atoms with E-state index >= 15 is 0 Å². The van der Waals surface area contributed by atoms with Gasteiger partial charge < -0.3 is 5.32 Å². The van der Waals surface area contributed by atoms with Crippen LogP contribution in [0.15, 0.2) is 24.3 Å². The number of rotatable bonds is 0. The third-order valence-electron chi connectivity index (χ3n) is 3.91. The Morgan fingerprint density at radius 2 is 2.14 bits per heavy atom. The molecule has 1 heteroatoms. The van der Waals surface area contributed by atoms with Gasteiger partial charge in [0, 0.05) is 12.0 Å². The third-order valence-corrected chi connectivity index (χ3v) is 3.91. The molecule has 1 saturated heterocycles. The Bertz CT molecular complexity index is 345. The molecular formula is C13H17N. The van der Waals surface area contributed by atoms with Gasteiger partial charge in [0.05, 0.1) is 0 Å². The zero-order valence-corrected chi connectivity index (χ0v) is 8.66. The van der Waals surface area contributed by atoms with Gasteiger partial charge in [-0.2, -0.15) is 0 Å². The van der Waals surface area contributed by atoms with Crippen molar-refractivity contribution >= 4 is 0 Å². The van der Waals surface area contributed by atoms with Crippen LogP contribution in [0.3, 0.4) is 0 Å². The Labute approximate surface area is 85.5 Å². The molecule has 2 unspecified atom stereocenters. The highest BCUT2D eigenvalue weighted by Crippen LogP contribution is 2.41. The molecule has 1 aliphatic heterocycles. The Hall–Kier alpha value is -0.820. The van der Waals surface area contributed by atoms with Gasteiger partial charge in [-0.25, -0.2) is 0 Å². The lowest BCUT2D eigenvalue weighted by molar-refractivity contribution is 0.287. The van der Waals surface area contributed by atoms with Crippen LogP contribution in [-0.2, 0) is 6.42 Å². The molecule has 0 aromatic heterocycles. The molecule has 3 atom stereocenters. The van der Waals surface area contributed by atoms with Crippen molar-refractivity contribution in [2.45, 2.75) is 31.7 Å². The summed E-state index contributed by atoms with van der Waals surface area (Å²) in [6.45, 7) is 3.61. The third kappa shape index (κ3) is 1.12. The van der Waals surface area contributed by atoms with Crippen LogP contribution in [0, 0.1) is 5.92 Å². The van der Waals surface area contributed by atoms with Crippen LogP contribution < -0.4 is 5.32 Å². The Balaban J connectivity index is 2.03. The largest absolute Gasteiger partial charge is 0.313 e. The number of fused-ring (bicyclic) bond motifs is 3.